The van der Waals surface area contributed by atoms with Gasteiger partial charge in [0, 0.05) is 11.4 Å². The van der Waals surface area contributed by atoms with Crippen LogP contribution in [-0.2, 0) is 10.0 Å². The molecule has 1 heterocycles. The summed E-state index contributed by atoms with van der Waals surface area (Å²) in [5.74, 6) is 0.296. The third kappa shape index (κ3) is 4.66. The fourth-order valence-corrected chi connectivity index (χ4v) is 3.94. The Balaban J connectivity index is 2.36. The molecule has 0 atom stereocenters. The molecule has 122 valence electrons. The minimum atomic E-state index is -3.93. The lowest BCUT2D eigenvalue weighted by Gasteiger charge is -2.08. The van der Waals surface area contributed by atoms with Gasteiger partial charge < -0.3 is 5.32 Å². The maximum Gasteiger partial charge on any atom is 0.286 e. The molecule has 0 aliphatic heterocycles. The highest BCUT2D eigenvalue weighted by atomic mass is 35.5. The first kappa shape index (κ1) is 17.7. The van der Waals surface area contributed by atoms with Gasteiger partial charge in [-0.2, -0.15) is 8.42 Å². The summed E-state index contributed by atoms with van der Waals surface area (Å²) in [6.07, 6.45) is 1.70. The predicted molar refractivity (Wildman–Crippen MR) is 94.7 cm³/mol. The number of hydrogen-bond donors (Lipinski definition) is 1. The van der Waals surface area contributed by atoms with Crippen molar-refractivity contribution in [3.63, 3.8) is 0 Å². The molecule has 23 heavy (non-hydrogen) atoms. The number of thioether (sulfide) groups is 1. The van der Waals surface area contributed by atoms with E-state index in [9.17, 15) is 8.42 Å². The van der Waals surface area contributed by atoms with E-state index in [4.69, 9.17) is 11.6 Å². The Kier molecular flexibility index (Phi) is 5.61. The van der Waals surface area contributed by atoms with Crippen molar-refractivity contribution in [1.29, 1.82) is 0 Å². The molecule has 6 nitrogen and oxygen atoms in total. The average molecular weight is 371 g/mol. The van der Waals surface area contributed by atoms with Crippen molar-refractivity contribution in [3.05, 3.63) is 46.7 Å². The van der Waals surface area contributed by atoms with Gasteiger partial charge in [0.15, 0.2) is 5.17 Å². The van der Waals surface area contributed by atoms with Crippen LogP contribution in [-0.4, -0.2) is 29.8 Å². The molecule has 1 aromatic carbocycles. The normalized spacial score (nSPS) is 12.3. The monoisotopic (exact) mass is 370 g/mol. The van der Waals surface area contributed by atoms with E-state index >= 15 is 0 Å². The maximum absolute atomic E-state index is 12.4. The summed E-state index contributed by atoms with van der Waals surface area (Å²) in [6.45, 7) is 3.66. The Morgan fingerprint density at radius 3 is 2.39 bits per heavy atom. The van der Waals surface area contributed by atoms with Gasteiger partial charge in [0.1, 0.15) is 4.90 Å². The number of anilines is 1. The van der Waals surface area contributed by atoms with E-state index in [1.165, 1.54) is 12.1 Å². The van der Waals surface area contributed by atoms with Crippen molar-refractivity contribution >= 4 is 44.5 Å². The molecule has 0 aliphatic carbocycles. The molecule has 9 heteroatoms. The second kappa shape index (κ2) is 7.29. The maximum atomic E-state index is 12.4. The summed E-state index contributed by atoms with van der Waals surface area (Å²) >= 11 is 7.08. The summed E-state index contributed by atoms with van der Waals surface area (Å²) < 4.78 is 28.5. The molecule has 1 aromatic heterocycles. The number of hydrogen-bond acceptors (Lipinski definition) is 5. The van der Waals surface area contributed by atoms with Crippen LogP contribution in [0, 0.1) is 13.8 Å². The first-order chi connectivity index (χ1) is 10.8. The van der Waals surface area contributed by atoms with Crippen molar-refractivity contribution in [2.75, 3.05) is 11.6 Å². The first-order valence-corrected chi connectivity index (χ1v) is 9.59. The highest BCUT2D eigenvalue weighted by Gasteiger charge is 2.18. The number of benzene rings is 1. The Morgan fingerprint density at radius 2 is 1.83 bits per heavy atom. The third-order valence-electron chi connectivity index (χ3n) is 2.71. The topological polar surface area (TPSA) is 84.3 Å². The van der Waals surface area contributed by atoms with Crippen LogP contribution >= 0.6 is 23.4 Å². The quantitative estimate of drug-likeness (QED) is 0.659. The largest absolute Gasteiger partial charge is 0.303 e. The standard InChI is InChI=1S/C14H15ClN4O2S2/c1-9-8-10(2)17-13(16-9)18-14(22-3)19-23(20,21)12-7-5-4-6-11(12)15/h4-8H,1-3H3,(H,16,17,18,19). The Hall–Kier alpha value is -1.64. The molecule has 0 bridgehead atoms. The zero-order valence-electron chi connectivity index (χ0n) is 12.7. The minimum Gasteiger partial charge on any atom is -0.303 e. The molecule has 1 N–H and O–H groups in total. The highest BCUT2D eigenvalue weighted by molar-refractivity contribution is 8.14. The molecule has 0 saturated carbocycles. The fourth-order valence-electron chi connectivity index (χ4n) is 1.80. The number of rotatable bonds is 3. The van der Waals surface area contributed by atoms with Gasteiger partial charge in [-0.3, -0.25) is 0 Å². The highest BCUT2D eigenvalue weighted by Crippen LogP contribution is 2.23. The van der Waals surface area contributed by atoms with Gasteiger partial charge in [0.05, 0.1) is 5.02 Å². The summed E-state index contributed by atoms with van der Waals surface area (Å²) in [5.41, 5.74) is 1.55. The lowest BCUT2D eigenvalue weighted by molar-refractivity contribution is 0.598. The van der Waals surface area contributed by atoms with Crippen LogP contribution in [0.3, 0.4) is 0 Å². The Morgan fingerprint density at radius 1 is 1.22 bits per heavy atom. The number of aryl methyl sites for hydroxylation is 2. The van der Waals surface area contributed by atoms with E-state index in [1.807, 2.05) is 19.9 Å². The number of aromatic nitrogens is 2. The van der Waals surface area contributed by atoms with Crippen LogP contribution in [0.4, 0.5) is 5.95 Å². The van der Waals surface area contributed by atoms with Crippen LogP contribution in [0.25, 0.3) is 0 Å². The molecule has 0 saturated heterocycles. The average Bonchev–Trinajstić information content (AvgIpc) is 2.45. The van der Waals surface area contributed by atoms with Gasteiger partial charge in [0.2, 0.25) is 5.95 Å². The molecule has 0 fully saturated rings. The van der Waals surface area contributed by atoms with Crippen LogP contribution in [0.1, 0.15) is 11.4 Å². The molecule has 0 amide bonds. The van der Waals surface area contributed by atoms with Crippen molar-refractivity contribution in [1.82, 2.24) is 9.97 Å². The van der Waals surface area contributed by atoms with Gasteiger partial charge in [-0.15, -0.1) is 4.40 Å². The van der Waals surface area contributed by atoms with Gasteiger partial charge in [0.25, 0.3) is 10.0 Å². The number of nitrogens with one attached hydrogen (secondary N) is 1. The minimum absolute atomic E-state index is 0.0450. The van der Waals surface area contributed by atoms with Crippen molar-refractivity contribution in [2.45, 2.75) is 18.7 Å². The van der Waals surface area contributed by atoms with Gasteiger partial charge >= 0.3 is 0 Å². The molecule has 0 aliphatic rings. The van der Waals surface area contributed by atoms with Gasteiger partial charge in [-0.1, -0.05) is 35.5 Å². The number of sulfonamides is 1. The molecular formula is C14H15ClN4O2S2. The van der Waals surface area contributed by atoms with Crippen molar-refractivity contribution in [3.8, 4) is 0 Å². The molecule has 0 radical (unpaired) electrons. The van der Waals surface area contributed by atoms with E-state index < -0.39 is 10.0 Å². The lowest BCUT2D eigenvalue weighted by Crippen LogP contribution is -2.14. The third-order valence-corrected chi connectivity index (χ3v) is 5.18. The van der Waals surface area contributed by atoms with Crippen LogP contribution in [0.15, 0.2) is 39.6 Å². The molecule has 0 unspecified atom stereocenters. The lowest BCUT2D eigenvalue weighted by atomic mass is 10.4. The Labute approximate surface area is 144 Å². The molecule has 2 rings (SSSR count). The summed E-state index contributed by atoms with van der Waals surface area (Å²) in [6, 6.07) is 7.98. The second-order valence-electron chi connectivity index (χ2n) is 4.61. The first-order valence-electron chi connectivity index (χ1n) is 6.54. The van der Waals surface area contributed by atoms with E-state index in [-0.39, 0.29) is 15.1 Å². The van der Waals surface area contributed by atoms with Crippen molar-refractivity contribution in [2.24, 2.45) is 4.40 Å². The van der Waals surface area contributed by atoms with E-state index in [1.54, 1.807) is 18.4 Å². The number of halogens is 1. The SMILES string of the molecule is CSC(=NS(=O)(=O)c1ccccc1Cl)Nc1nc(C)cc(C)n1. The van der Waals surface area contributed by atoms with Crippen LogP contribution in [0.2, 0.25) is 5.02 Å². The molecule has 0 spiro atoms. The summed E-state index contributed by atoms with van der Waals surface area (Å²) in [7, 11) is -3.93. The number of nitrogens with zero attached hydrogens (tertiary/aromatic N) is 3. The molecular weight excluding hydrogens is 356 g/mol. The Bertz CT molecular complexity index is 833. The fraction of sp³-hybridized carbons (Fsp3) is 0.214. The molecule has 2 aromatic rings. The smallest absolute Gasteiger partial charge is 0.286 e. The van der Waals surface area contributed by atoms with E-state index in [0.29, 0.717) is 5.95 Å². The summed E-state index contributed by atoms with van der Waals surface area (Å²) in [5, 5.41) is 3.11. The van der Waals surface area contributed by atoms with Crippen LogP contribution in [0.5, 0.6) is 0 Å². The predicted octanol–water partition coefficient (Wildman–Crippen LogP) is 3.27. The van der Waals surface area contributed by atoms with E-state index in [0.717, 1.165) is 23.1 Å². The van der Waals surface area contributed by atoms with Crippen LogP contribution < -0.4 is 5.32 Å². The van der Waals surface area contributed by atoms with Gasteiger partial charge in [-0.25, -0.2) is 9.97 Å². The summed E-state index contributed by atoms with van der Waals surface area (Å²) in [4.78, 5) is 8.36. The van der Waals surface area contributed by atoms with Gasteiger partial charge in [-0.05, 0) is 38.3 Å². The second-order valence-corrected chi connectivity index (χ2v) is 7.38. The number of amidine groups is 1. The van der Waals surface area contributed by atoms with Crippen molar-refractivity contribution < 1.29 is 8.42 Å². The zero-order valence-corrected chi connectivity index (χ0v) is 15.1. The zero-order chi connectivity index (χ0) is 17.0. The van der Waals surface area contributed by atoms with E-state index in [2.05, 4.69) is 19.7 Å².